The molecule has 0 bridgehead atoms. The van der Waals surface area contributed by atoms with Gasteiger partial charge in [0.1, 0.15) is 10.7 Å². The third kappa shape index (κ3) is 5.11. The Bertz CT molecular complexity index is 492. The van der Waals surface area contributed by atoms with Crippen molar-refractivity contribution in [3.8, 4) is 0 Å². The zero-order chi connectivity index (χ0) is 14.3. The SMILES string of the molecule is COCCN(C)CCNS(=O)(=O)c1cccnc1N. The molecule has 1 heterocycles. The van der Waals surface area contributed by atoms with E-state index in [2.05, 4.69) is 9.71 Å². The van der Waals surface area contributed by atoms with Crippen molar-refractivity contribution in [2.75, 3.05) is 46.1 Å². The molecule has 3 N–H and O–H groups in total. The number of nitrogens with zero attached hydrogens (tertiary/aromatic N) is 2. The first-order valence-electron chi connectivity index (χ1n) is 5.85. The highest BCUT2D eigenvalue weighted by atomic mass is 32.2. The summed E-state index contributed by atoms with van der Waals surface area (Å²) < 4.78 is 31.4. The second-order valence-electron chi connectivity index (χ2n) is 4.08. The number of likely N-dealkylation sites (N-methyl/N-ethyl adjacent to an activating group) is 1. The Morgan fingerprint density at radius 1 is 1.47 bits per heavy atom. The van der Waals surface area contributed by atoms with Crippen LogP contribution in [0.5, 0.6) is 0 Å². The average molecular weight is 288 g/mol. The number of nitrogens with one attached hydrogen (secondary N) is 1. The molecule has 0 aliphatic rings. The Hall–Kier alpha value is -1.22. The number of hydrogen-bond donors (Lipinski definition) is 2. The predicted octanol–water partition coefficient (Wildman–Crippen LogP) is -0.480. The molecule has 1 aromatic heterocycles. The first kappa shape index (κ1) is 15.8. The summed E-state index contributed by atoms with van der Waals surface area (Å²) in [4.78, 5) is 5.74. The summed E-state index contributed by atoms with van der Waals surface area (Å²) in [6, 6.07) is 2.97. The van der Waals surface area contributed by atoms with Gasteiger partial charge in [-0.15, -0.1) is 0 Å². The van der Waals surface area contributed by atoms with Crippen LogP contribution in [0.4, 0.5) is 5.82 Å². The topological polar surface area (TPSA) is 97.5 Å². The number of ether oxygens (including phenoxy) is 1. The van der Waals surface area contributed by atoms with Crippen LogP contribution >= 0.6 is 0 Å². The van der Waals surface area contributed by atoms with Crippen LogP contribution in [0, 0.1) is 0 Å². The van der Waals surface area contributed by atoms with Gasteiger partial charge in [0.15, 0.2) is 0 Å². The molecular formula is C11H20N4O3S. The lowest BCUT2D eigenvalue weighted by Crippen LogP contribution is -2.34. The number of pyridine rings is 1. The van der Waals surface area contributed by atoms with Crippen LogP contribution in [0.25, 0.3) is 0 Å². The van der Waals surface area contributed by atoms with Crippen LogP contribution in [-0.2, 0) is 14.8 Å². The Morgan fingerprint density at radius 3 is 2.84 bits per heavy atom. The number of anilines is 1. The minimum absolute atomic E-state index is 0.00253. The van der Waals surface area contributed by atoms with Gasteiger partial charge in [0.2, 0.25) is 10.0 Å². The summed E-state index contributed by atoms with van der Waals surface area (Å²) in [5.74, 6) is 0.00253. The van der Waals surface area contributed by atoms with Crippen molar-refractivity contribution in [3.63, 3.8) is 0 Å². The maximum Gasteiger partial charge on any atom is 0.244 e. The summed E-state index contributed by atoms with van der Waals surface area (Å²) in [7, 11) is -0.0812. The molecule has 108 valence electrons. The first-order valence-corrected chi connectivity index (χ1v) is 7.33. The van der Waals surface area contributed by atoms with Gasteiger partial charge in [0.25, 0.3) is 0 Å². The molecule has 0 aromatic carbocycles. The molecule has 1 rings (SSSR count). The number of hydrogen-bond acceptors (Lipinski definition) is 6. The van der Waals surface area contributed by atoms with Gasteiger partial charge < -0.3 is 15.4 Å². The zero-order valence-corrected chi connectivity index (χ0v) is 12.0. The first-order chi connectivity index (χ1) is 8.97. The minimum atomic E-state index is -3.60. The van der Waals surface area contributed by atoms with Gasteiger partial charge in [-0.05, 0) is 19.2 Å². The van der Waals surface area contributed by atoms with Crippen LogP contribution in [0.1, 0.15) is 0 Å². The van der Waals surface area contributed by atoms with Crippen LogP contribution in [0.15, 0.2) is 23.2 Å². The molecule has 0 spiro atoms. The van der Waals surface area contributed by atoms with Crippen molar-refractivity contribution >= 4 is 15.8 Å². The van der Waals surface area contributed by atoms with Gasteiger partial charge in [0.05, 0.1) is 6.61 Å². The Kier molecular flexibility index (Phi) is 6.16. The van der Waals surface area contributed by atoms with E-state index < -0.39 is 10.0 Å². The fourth-order valence-corrected chi connectivity index (χ4v) is 2.54. The van der Waals surface area contributed by atoms with Crippen molar-refractivity contribution < 1.29 is 13.2 Å². The molecule has 1 aromatic rings. The molecule has 0 saturated carbocycles. The predicted molar refractivity (Wildman–Crippen MR) is 73.2 cm³/mol. The van der Waals surface area contributed by atoms with Crippen LogP contribution in [-0.4, -0.2) is 58.7 Å². The van der Waals surface area contributed by atoms with E-state index in [9.17, 15) is 8.42 Å². The molecule has 0 unspecified atom stereocenters. The number of methoxy groups -OCH3 is 1. The zero-order valence-electron chi connectivity index (χ0n) is 11.2. The molecule has 0 atom stereocenters. The summed E-state index contributed by atoms with van der Waals surface area (Å²) in [5.41, 5.74) is 5.55. The second-order valence-corrected chi connectivity index (χ2v) is 5.82. The molecule has 0 aliphatic heterocycles. The quantitative estimate of drug-likeness (QED) is 0.670. The van der Waals surface area contributed by atoms with Crippen molar-refractivity contribution in [1.82, 2.24) is 14.6 Å². The molecule has 0 fully saturated rings. The summed E-state index contributed by atoms with van der Waals surface area (Å²) >= 11 is 0. The molecule has 0 radical (unpaired) electrons. The highest BCUT2D eigenvalue weighted by Crippen LogP contribution is 2.13. The van der Waals surface area contributed by atoms with Gasteiger partial charge >= 0.3 is 0 Å². The molecule has 7 nitrogen and oxygen atoms in total. The average Bonchev–Trinajstić information content (AvgIpc) is 2.36. The van der Waals surface area contributed by atoms with Crippen LogP contribution in [0.3, 0.4) is 0 Å². The van der Waals surface area contributed by atoms with Gasteiger partial charge in [-0.25, -0.2) is 18.1 Å². The van der Waals surface area contributed by atoms with Gasteiger partial charge in [-0.2, -0.15) is 0 Å². The van der Waals surface area contributed by atoms with E-state index in [1.807, 2.05) is 11.9 Å². The highest BCUT2D eigenvalue weighted by molar-refractivity contribution is 7.89. The fourth-order valence-electron chi connectivity index (χ4n) is 1.44. The van der Waals surface area contributed by atoms with E-state index in [1.165, 1.54) is 18.3 Å². The van der Waals surface area contributed by atoms with Crippen molar-refractivity contribution in [2.24, 2.45) is 0 Å². The van der Waals surface area contributed by atoms with E-state index >= 15 is 0 Å². The standard InChI is InChI=1S/C11H20N4O3S/c1-15(8-9-18-2)7-6-14-19(16,17)10-4-3-5-13-11(10)12/h3-5,14H,6-9H2,1-2H3,(H2,12,13). The Labute approximate surface area is 113 Å². The number of aromatic nitrogens is 1. The normalized spacial score (nSPS) is 11.9. The van der Waals surface area contributed by atoms with Crippen molar-refractivity contribution in [1.29, 1.82) is 0 Å². The molecule has 19 heavy (non-hydrogen) atoms. The Morgan fingerprint density at radius 2 is 2.21 bits per heavy atom. The largest absolute Gasteiger partial charge is 0.383 e. The number of rotatable bonds is 8. The third-order valence-electron chi connectivity index (χ3n) is 2.55. The lowest BCUT2D eigenvalue weighted by atomic mass is 10.5. The summed E-state index contributed by atoms with van der Waals surface area (Å²) in [6.45, 7) is 2.24. The fraction of sp³-hybridized carbons (Fsp3) is 0.545. The lowest BCUT2D eigenvalue weighted by molar-refractivity contribution is 0.162. The Balaban J connectivity index is 2.51. The number of nitrogens with two attached hydrogens (primary N) is 1. The van der Waals surface area contributed by atoms with E-state index in [-0.39, 0.29) is 10.7 Å². The lowest BCUT2D eigenvalue weighted by Gasteiger charge is -2.16. The van der Waals surface area contributed by atoms with E-state index in [0.717, 1.165) is 6.54 Å². The summed E-state index contributed by atoms with van der Waals surface area (Å²) in [5, 5.41) is 0. The second kappa shape index (κ2) is 7.39. The summed E-state index contributed by atoms with van der Waals surface area (Å²) in [6.07, 6.45) is 1.45. The van der Waals surface area contributed by atoms with Gasteiger partial charge in [-0.3, -0.25) is 0 Å². The van der Waals surface area contributed by atoms with Gasteiger partial charge in [0, 0.05) is 32.9 Å². The highest BCUT2D eigenvalue weighted by Gasteiger charge is 2.17. The molecular weight excluding hydrogens is 268 g/mol. The minimum Gasteiger partial charge on any atom is -0.383 e. The maximum absolute atomic E-state index is 12.0. The van der Waals surface area contributed by atoms with Crippen molar-refractivity contribution in [2.45, 2.75) is 4.90 Å². The van der Waals surface area contributed by atoms with E-state index in [0.29, 0.717) is 19.7 Å². The van der Waals surface area contributed by atoms with Gasteiger partial charge in [-0.1, -0.05) is 0 Å². The molecule has 0 aliphatic carbocycles. The van der Waals surface area contributed by atoms with Crippen molar-refractivity contribution in [3.05, 3.63) is 18.3 Å². The molecule has 8 heteroatoms. The van der Waals surface area contributed by atoms with Crippen LogP contribution < -0.4 is 10.5 Å². The number of nitrogen functional groups attached to an aromatic ring is 1. The third-order valence-corrected chi connectivity index (χ3v) is 4.06. The number of sulfonamides is 1. The smallest absolute Gasteiger partial charge is 0.244 e. The molecule has 0 amide bonds. The van der Waals surface area contributed by atoms with E-state index in [4.69, 9.17) is 10.5 Å². The van der Waals surface area contributed by atoms with E-state index in [1.54, 1.807) is 7.11 Å². The molecule has 0 saturated heterocycles. The van der Waals surface area contributed by atoms with Crippen LogP contribution in [0.2, 0.25) is 0 Å². The maximum atomic E-state index is 12.0. The monoisotopic (exact) mass is 288 g/mol.